The number of hydrogen-bond acceptors (Lipinski definition) is 5. The highest BCUT2D eigenvalue weighted by Gasteiger charge is 2.18. The summed E-state index contributed by atoms with van der Waals surface area (Å²) in [5.41, 5.74) is 5.58. The quantitative estimate of drug-likeness (QED) is 0.302. The van der Waals surface area contributed by atoms with Gasteiger partial charge in [0.2, 0.25) is 10.0 Å². The average molecular weight is 483 g/mol. The van der Waals surface area contributed by atoms with Crippen molar-refractivity contribution in [2.24, 2.45) is 0 Å². The minimum absolute atomic E-state index is 0.0148. The van der Waals surface area contributed by atoms with Gasteiger partial charge in [0.15, 0.2) is 0 Å². The van der Waals surface area contributed by atoms with Gasteiger partial charge in [0.1, 0.15) is 5.75 Å². The molecule has 6 nitrogen and oxygen atoms in total. The van der Waals surface area contributed by atoms with Crippen LogP contribution in [0.4, 0.5) is 5.69 Å². The molecule has 7 heteroatoms. The average Bonchev–Trinajstić information content (AvgIpc) is 2.82. The SMILES string of the molecule is CCc1ccc(C(Cc2ccccc2)NCC(O)c2ccc(O)c(NS(C)(=O)=O)c2)cc1CC. The molecule has 182 valence electrons. The molecule has 3 aromatic carbocycles. The number of phenolic OH excluding ortho intramolecular Hbond substituents is 1. The first-order valence-corrected chi connectivity index (χ1v) is 13.5. The van der Waals surface area contributed by atoms with Crippen LogP contribution in [-0.2, 0) is 29.3 Å². The molecule has 0 spiro atoms. The molecule has 0 saturated heterocycles. The van der Waals surface area contributed by atoms with Crippen LogP contribution in [0, 0.1) is 0 Å². The minimum Gasteiger partial charge on any atom is -0.506 e. The van der Waals surface area contributed by atoms with Crippen LogP contribution in [0.5, 0.6) is 5.75 Å². The van der Waals surface area contributed by atoms with Crippen LogP contribution < -0.4 is 10.0 Å². The van der Waals surface area contributed by atoms with Crippen molar-refractivity contribution >= 4 is 15.7 Å². The van der Waals surface area contributed by atoms with E-state index >= 15 is 0 Å². The number of anilines is 1. The monoisotopic (exact) mass is 482 g/mol. The van der Waals surface area contributed by atoms with E-state index in [1.54, 1.807) is 6.07 Å². The summed E-state index contributed by atoms with van der Waals surface area (Å²) in [4.78, 5) is 0. The lowest BCUT2D eigenvalue weighted by molar-refractivity contribution is 0.169. The Labute approximate surface area is 202 Å². The zero-order chi connectivity index (χ0) is 24.7. The second kappa shape index (κ2) is 11.5. The Kier molecular flexibility index (Phi) is 8.72. The standard InChI is InChI=1S/C27H34N2O4S/c1-4-20-11-12-22(16-21(20)5-2)24(15-19-9-7-6-8-10-19)28-18-27(31)23-13-14-26(30)25(17-23)29-34(3,32)33/h6-14,16-17,24,27-31H,4-5,15,18H2,1-3H3. The molecule has 34 heavy (non-hydrogen) atoms. The van der Waals surface area contributed by atoms with Crippen molar-refractivity contribution < 1.29 is 18.6 Å². The van der Waals surface area contributed by atoms with Gasteiger partial charge in [0, 0.05) is 12.6 Å². The molecule has 3 aromatic rings. The summed E-state index contributed by atoms with van der Waals surface area (Å²) in [6, 6.07) is 21.2. The molecule has 0 aliphatic rings. The predicted octanol–water partition coefficient (Wildman–Crippen LogP) is 4.50. The van der Waals surface area contributed by atoms with E-state index in [2.05, 4.69) is 54.2 Å². The van der Waals surface area contributed by atoms with Gasteiger partial charge in [0.25, 0.3) is 0 Å². The summed E-state index contributed by atoms with van der Waals surface area (Å²) in [6.45, 7) is 4.58. The highest BCUT2D eigenvalue weighted by Crippen LogP contribution is 2.29. The molecule has 0 radical (unpaired) electrons. The van der Waals surface area contributed by atoms with Gasteiger partial charge >= 0.3 is 0 Å². The number of benzene rings is 3. The Bertz CT molecular complexity index is 1200. The van der Waals surface area contributed by atoms with Crippen molar-refractivity contribution in [2.45, 2.75) is 45.3 Å². The van der Waals surface area contributed by atoms with Crippen molar-refractivity contribution in [2.75, 3.05) is 17.5 Å². The number of sulfonamides is 1. The van der Waals surface area contributed by atoms with E-state index in [-0.39, 0.29) is 24.0 Å². The molecule has 0 aromatic heterocycles. The number of hydrogen-bond donors (Lipinski definition) is 4. The second-order valence-corrected chi connectivity index (χ2v) is 10.3. The van der Waals surface area contributed by atoms with Crippen molar-refractivity contribution in [1.29, 1.82) is 0 Å². The summed E-state index contributed by atoms with van der Waals surface area (Å²) in [5.74, 6) is -0.195. The van der Waals surface area contributed by atoms with E-state index in [0.29, 0.717) is 5.56 Å². The van der Waals surface area contributed by atoms with E-state index in [4.69, 9.17) is 0 Å². The van der Waals surface area contributed by atoms with Gasteiger partial charge in [-0.25, -0.2) is 8.42 Å². The molecule has 0 amide bonds. The summed E-state index contributed by atoms with van der Waals surface area (Å²) >= 11 is 0. The third-order valence-electron chi connectivity index (χ3n) is 5.94. The third kappa shape index (κ3) is 7.06. The van der Waals surface area contributed by atoms with Crippen molar-refractivity contribution in [3.63, 3.8) is 0 Å². The first-order valence-electron chi connectivity index (χ1n) is 11.6. The predicted molar refractivity (Wildman–Crippen MR) is 138 cm³/mol. The normalized spacial score (nSPS) is 13.4. The van der Waals surface area contributed by atoms with Crippen LogP contribution in [0.2, 0.25) is 0 Å². The molecule has 0 heterocycles. The molecule has 0 bridgehead atoms. The largest absolute Gasteiger partial charge is 0.506 e. The molecule has 0 fully saturated rings. The number of aryl methyl sites for hydroxylation is 2. The third-order valence-corrected chi connectivity index (χ3v) is 6.53. The smallest absolute Gasteiger partial charge is 0.229 e. The number of aliphatic hydroxyl groups excluding tert-OH is 1. The highest BCUT2D eigenvalue weighted by molar-refractivity contribution is 7.92. The summed E-state index contributed by atoms with van der Waals surface area (Å²) in [7, 11) is -3.56. The molecular formula is C27H34N2O4S. The van der Waals surface area contributed by atoms with Crippen molar-refractivity contribution in [1.82, 2.24) is 5.32 Å². The Morgan fingerprint density at radius 1 is 0.882 bits per heavy atom. The lowest BCUT2D eigenvalue weighted by atomic mass is 9.93. The van der Waals surface area contributed by atoms with E-state index in [1.165, 1.54) is 28.8 Å². The van der Waals surface area contributed by atoms with E-state index in [9.17, 15) is 18.6 Å². The van der Waals surface area contributed by atoms with Crippen molar-refractivity contribution in [3.05, 3.63) is 94.5 Å². The van der Waals surface area contributed by atoms with Gasteiger partial charge in [-0.2, -0.15) is 0 Å². The van der Waals surface area contributed by atoms with Gasteiger partial charge in [0.05, 0.1) is 18.0 Å². The van der Waals surface area contributed by atoms with Gasteiger partial charge < -0.3 is 15.5 Å². The fourth-order valence-corrected chi connectivity index (χ4v) is 4.67. The summed E-state index contributed by atoms with van der Waals surface area (Å²) < 4.78 is 25.4. The number of rotatable bonds is 11. The zero-order valence-electron chi connectivity index (χ0n) is 20.0. The maximum Gasteiger partial charge on any atom is 0.229 e. The maximum atomic E-state index is 11.6. The van der Waals surface area contributed by atoms with Gasteiger partial charge in [-0.05, 0) is 59.2 Å². The lowest BCUT2D eigenvalue weighted by Gasteiger charge is -2.23. The first kappa shape index (κ1) is 25.7. The number of aromatic hydroxyl groups is 1. The van der Waals surface area contributed by atoms with Crippen molar-refractivity contribution in [3.8, 4) is 5.75 Å². The van der Waals surface area contributed by atoms with Crippen LogP contribution in [0.1, 0.15) is 53.8 Å². The van der Waals surface area contributed by atoms with Gasteiger partial charge in [-0.1, -0.05) is 68.4 Å². The molecule has 3 rings (SSSR count). The Morgan fingerprint density at radius 3 is 2.21 bits per heavy atom. The van der Waals surface area contributed by atoms with E-state index in [1.807, 2.05) is 18.2 Å². The van der Waals surface area contributed by atoms with E-state index in [0.717, 1.165) is 31.1 Å². The molecule has 2 unspecified atom stereocenters. The Hall–Kier alpha value is -2.87. The number of aliphatic hydroxyl groups is 1. The molecule has 0 aliphatic carbocycles. The number of phenols is 1. The van der Waals surface area contributed by atoms with Crippen LogP contribution in [0.3, 0.4) is 0 Å². The van der Waals surface area contributed by atoms with Gasteiger partial charge in [-0.3, -0.25) is 4.72 Å². The topological polar surface area (TPSA) is 98.7 Å². The highest BCUT2D eigenvalue weighted by atomic mass is 32.2. The van der Waals surface area contributed by atoms with Crippen LogP contribution in [0.25, 0.3) is 0 Å². The van der Waals surface area contributed by atoms with E-state index < -0.39 is 16.1 Å². The molecular weight excluding hydrogens is 448 g/mol. The Balaban J connectivity index is 1.82. The zero-order valence-corrected chi connectivity index (χ0v) is 20.8. The molecule has 4 N–H and O–H groups in total. The fourth-order valence-electron chi connectivity index (χ4n) is 4.11. The number of nitrogens with one attached hydrogen (secondary N) is 2. The fraction of sp³-hybridized carbons (Fsp3) is 0.333. The summed E-state index contributed by atoms with van der Waals surface area (Å²) in [6.07, 6.45) is 2.84. The summed E-state index contributed by atoms with van der Waals surface area (Å²) in [5, 5.41) is 24.3. The Morgan fingerprint density at radius 2 is 1.56 bits per heavy atom. The maximum absolute atomic E-state index is 11.6. The van der Waals surface area contributed by atoms with Crippen LogP contribution >= 0.6 is 0 Å². The second-order valence-electron chi connectivity index (χ2n) is 8.55. The molecule has 2 atom stereocenters. The van der Waals surface area contributed by atoms with Gasteiger partial charge in [-0.15, -0.1) is 0 Å². The van der Waals surface area contributed by atoms with Crippen LogP contribution in [0.15, 0.2) is 66.7 Å². The first-order chi connectivity index (χ1) is 16.2. The minimum atomic E-state index is -3.56. The van der Waals surface area contributed by atoms with Crippen LogP contribution in [-0.4, -0.2) is 31.4 Å². The molecule has 0 aliphatic heterocycles. The lowest BCUT2D eigenvalue weighted by Crippen LogP contribution is -2.28. The molecule has 0 saturated carbocycles.